The molecular weight excluding hydrogens is 422 g/mol. The third-order valence-electron chi connectivity index (χ3n) is 5.91. The quantitative estimate of drug-likeness (QED) is 0.421. The lowest BCUT2D eigenvalue weighted by Crippen LogP contribution is -2.29. The van der Waals surface area contributed by atoms with Crippen molar-refractivity contribution in [3.05, 3.63) is 85.7 Å². The highest BCUT2D eigenvalue weighted by Gasteiger charge is 2.45. The van der Waals surface area contributed by atoms with E-state index in [1.165, 1.54) is 16.9 Å². The third-order valence-corrected chi connectivity index (χ3v) is 6.98. The fraction of sp³-hybridized carbons (Fsp3) is 0.280. The Morgan fingerprint density at radius 1 is 1.09 bits per heavy atom. The Morgan fingerprint density at radius 3 is 2.50 bits per heavy atom. The topological polar surface area (TPSA) is 76.3 Å². The van der Waals surface area contributed by atoms with Crippen LogP contribution in [0.15, 0.2) is 51.7 Å². The molecule has 6 nitrogen and oxygen atoms in total. The summed E-state index contributed by atoms with van der Waals surface area (Å²) in [5.74, 6) is 0.0961. The summed E-state index contributed by atoms with van der Waals surface area (Å²) in [6.45, 7) is 8.19. The molecule has 0 saturated heterocycles. The Kier molecular flexibility index (Phi) is 4.93. The molecule has 0 radical (unpaired) electrons. The minimum absolute atomic E-state index is 0.0811. The molecule has 1 aliphatic rings. The predicted octanol–water partition coefficient (Wildman–Crippen LogP) is 5.39. The molecule has 0 saturated carbocycles. The molecular formula is C25H23N3O3S. The normalized spacial score (nSPS) is 15.7. The first-order valence-electron chi connectivity index (χ1n) is 10.7. The Morgan fingerprint density at radius 2 is 1.84 bits per heavy atom. The zero-order chi connectivity index (χ0) is 22.6. The first-order chi connectivity index (χ1) is 15.4. The first-order valence-corrected chi connectivity index (χ1v) is 11.5. The zero-order valence-corrected chi connectivity index (χ0v) is 19.2. The highest BCUT2D eigenvalue weighted by molar-refractivity contribution is 7.15. The summed E-state index contributed by atoms with van der Waals surface area (Å²) < 4.78 is 6.02. The SMILES string of the molecule is CCc1nnc(N2C(=O)c3oc4ccc(C)cc4c(=O)c3C2c2ccc(C(C)C)cc2)s1. The van der Waals surface area contributed by atoms with Gasteiger partial charge in [0.25, 0.3) is 5.91 Å². The molecule has 0 aliphatic carbocycles. The van der Waals surface area contributed by atoms with Gasteiger partial charge in [-0.1, -0.05) is 68.0 Å². The van der Waals surface area contributed by atoms with Crippen molar-refractivity contribution in [2.24, 2.45) is 0 Å². The van der Waals surface area contributed by atoms with Gasteiger partial charge < -0.3 is 4.42 Å². The maximum absolute atomic E-state index is 13.6. The van der Waals surface area contributed by atoms with Gasteiger partial charge >= 0.3 is 0 Å². The molecule has 7 heteroatoms. The Bertz CT molecular complexity index is 1400. The number of fused-ring (bicyclic) bond motifs is 2. The van der Waals surface area contributed by atoms with E-state index in [0.717, 1.165) is 22.6 Å². The molecule has 0 N–H and O–H groups in total. The molecule has 3 heterocycles. The average molecular weight is 446 g/mol. The van der Waals surface area contributed by atoms with E-state index < -0.39 is 6.04 Å². The molecule has 0 bridgehead atoms. The molecule has 1 amide bonds. The van der Waals surface area contributed by atoms with Crippen LogP contribution >= 0.6 is 11.3 Å². The molecule has 4 aromatic rings. The maximum atomic E-state index is 13.6. The fourth-order valence-electron chi connectivity index (χ4n) is 4.15. The van der Waals surface area contributed by atoms with Crippen LogP contribution < -0.4 is 10.3 Å². The van der Waals surface area contributed by atoms with Gasteiger partial charge in [0.05, 0.1) is 17.0 Å². The molecule has 162 valence electrons. The number of aryl methyl sites for hydroxylation is 2. The number of carbonyl (C=O) groups excluding carboxylic acids is 1. The minimum atomic E-state index is -0.613. The smallest absolute Gasteiger partial charge is 0.297 e. The van der Waals surface area contributed by atoms with Crippen molar-refractivity contribution in [2.75, 3.05) is 4.90 Å². The van der Waals surface area contributed by atoms with Gasteiger partial charge in [-0.05, 0) is 42.5 Å². The number of nitrogens with zero attached hydrogens (tertiary/aromatic N) is 3. The molecule has 1 unspecified atom stereocenters. The highest BCUT2D eigenvalue weighted by Crippen LogP contribution is 2.42. The summed E-state index contributed by atoms with van der Waals surface area (Å²) in [6.07, 6.45) is 0.723. The van der Waals surface area contributed by atoms with Crippen LogP contribution in [0.3, 0.4) is 0 Å². The van der Waals surface area contributed by atoms with Crippen molar-refractivity contribution in [3.63, 3.8) is 0 Å². The molecule has 0 fully saturated rings. The maximum Gasteiger partial charge on any atom is 0.297 e. The van der Waals surface area contributed by atoms with Crippen LogP contribution in [-0.2, 0) is 6.42 Å². The van der Waals surface area contributed by atoms with E-state index >= 15 is 0 Å². The van der Waals surface area contributed by atoms with Gasteiger partial charge in [0.2, 0.25) is 10.9 Å². The van der Waals surface area contributed by atoms with Gasteiger partial charge in [-0.25, -0.2) is 0 Å². The largest absolute Gasteiger partial charge is 0.450 e. The Labute approximate surface area is 189 Å². The summed E-state index contributed by atoms with van der Waals surface area (Å²) in [7, 11) is 0. The lowest BCUT2D eigenvalue weighted by Gasteiger charge is -2.22. The standard InChI is InChI=1S/C25H23N3O3S/c1-5-19-26-27-25(32-19)28-21(16-9-7-15(8-10-16)13(2)3)20-22(29)17-12-14(4)6-11-18(17)31-23(20)24(28)30/h6-13,21H,5H2,1-4H3. The van der Waals surface area contributed by atoms with E-state index in [2.05, 4.69) is 24.0 Å². The van der Waals surface area contributed by atoms with Crippen molar-refractivity contribution in [3.8, 4) is 0 Å². The van der Waals surface area contributed by atoms with Crippen LogP contribution in [0.5, 0.6) is 0 Å². The number of hydrogen-bond donors (Lipinski definition) is 0. The number of aromatic nitrogens is 2. The second kappa shape index (κ2) is 7.67. The van der Waals surface area contributed by atoms with Crippen LogP contribution in [0.25, 0.3) is 11.0 Å². The molecule has 5 rings (SSSR count). The van der Waals surface area contributed by atoms with E-state index in [-0.39, 0.29) is 17.1 Å². The van der Waals surface area contributed by atoms with E-state index in [1.807, 2.05) is 50.2 Å². The van der Waals surface area contributed by atoms with Gasteiger partial charge in [-0.15, -0.1) is 10.2 Å². The summed E-state index contributed by atoms with van der Waals surface area (Å²) in [6, 6.07) is 12.9. The van der Waals surface area contributed by atoms with E-state index in [0.29, 0.717) is 27.6 Å². The van der Waals surface area contributed by atoms with Crippen LogP contribution in [0.2, 0.25) is 0 Å². The first kappa shape index (κ1) is 20.6. The average Bonchev–Trinajstić information content (AvgIpc) is 3.37. The van der Waals surface area contributed by atoms with Crippen LogP contribution in [0.4, 0.5) is 5.13 Å². The van der Waals surface area contributed by atoms with Gasteiger partial charge in [-0.2, -0.15) is 0 Å². The van der Waals surface area contributed by atoms with Gasteiger partial charge in [0.1, 0.15) is 10.6 Å². The van der Waals surface area contributed by atoms with Gasteiger partial charge in [0, 0.05) is 0 Å². The number of benzene rings is 2. The number of amides is 1. The summed E-state index contributed by atoms with van der Waals surface area (Å²) >= 11 is 1.36. The lowest BCUT2D eigenvalue weighted by atomic mass is 9.95. The Hall–Kier alpha value is -3.32. The number of hydrogen-bond acceptors (Lipinski definition) is 6. The van der Waals surface area contributed by atoms with Crippen molar-refractivity contribution < 1.29 is 9.21 Å². The number of carbonyl (C=O) groups is 1. The van der Waals surface area contributed by atoms with Crippen LogP contribution in [0, 0.1) is 6.92 Å². The molecule has 2 aromatic heterocycles. The van der Waals surface area contributed by atoms with E-state index in [1.54, 1.807) is 11.0 Å². The lowest BCUT2D eigenvalue weighted by molar-refractivity contribution is 0.0970. The summed E-state index contributed by atoms with van der Waals surface area (Å²) in [4.78, 5) is 28.8. The van der Waals surface area contributed by atoms with Crippen molar-refractivity contribution >= 4 is 33.3 Å². The Balaban J connectivity index is 1.77. The molecule has 32 heavy (non-hydrogen) atoms. The van der Waals surface area contributed by atoms with Crippen molar-refractivity contribution in [1.29, 1.82) is 0 Å². The second-order valence-electron chi connectivity index (χ2n) is 8.40. The number of rotatable bonds is 4. The van der Waals surface area contributed by atoms with Gasteiger partial charge in [-0.3, -0.25) is 14.5 Å². The molecule has 1 aliphatic heterocycles. The predicted molar refractivity (Wildman–Crippen MR) is 126 cm³/mol. The minimum Gasteiger partial charge on any atom is -0.450 e. The van der Waals surface area contributed by atoms with E-state index in [4.69, 9.17) is 4.42 Å². The summed E-state index contributed by atoms with van der Waals surface area (Å²) in [5, 5.41) is 10.2. The van der Waals surface area contributed by atoms with Crippen LogP contribution in [-0.4, -0.2) is 16.1 Å². The third kappa shape index (κ3) is 3.15. The number of anilines is 1. The molecule has 1 atom stereocenters. The van der Waals surface area contributed by atoms with Crippen LogP contribution in [0.1, 0.15) is 70.5 Å². The monoisotopic (exact) mass is 445 g/mol. The van der Waals surface area contributed by atoms with Crippen molar-refractivity contribution in [1.82, 2.24) is 10.2 Å². The zero-order valence-electron chi connectivity index (χ0n) is 18.4. The van der Waals surface area contributed by atoms with E-state index in [9.17, 15) is 9.59 Å². The highest BCUT2D eigenvalue weighted by atomic mass is 32.1. The molecule has 0 spiro atoms. The van der Waals surface area contributed by atoms with Crippen molar-refractivity contribution in [2.45, 2.75) is 46.1 Å². The van der Waals surface area contributed by atoms with Gasteiger partial charge in [0.15, 0.2) is 5.43 Å². The fourth-order valence-corrected chi connectivity index (χ4v) is 4.95. The second-order valence-corrected chi connectivity index (χ2v) is 9.45. The molecule has 2 aromatic carbocycles. The summed E-state index contributed by atoms with van der Waals surface area (Å²) in [5.41, 5.74) is 3.58.